The number of rotatable bonds is 2. The third-order valence-corrected chi connectivity index (χ3v) is 2.91. The first kappa shape index (κ1) is 9.36. The molecular formula is C8H5ClN2O2S. The fourth-order valence-electron chi connectivity index (χ4n) is 1.08. The predicted octanol–water partition coefficient (Wildman–Crippen LogP) is 1.97. The lowest BCUT2D eigenvalue weighted by atomic mass is 10.4. The SMILES string of the molecule is O=C(O)Cc1nc2c(Cl)nccc2s1. The number of hydrogen-bond acceptors (Lipinski definition) is 4. The topological polar surface area (TPSA) is 63.1 Å². The molecule has 2 aromatic heterocycles. The lowest BCUT2D eigenvalue weighted by molar-refractivity contribution is -0.136. The number of nitrogens with zero attached hydrogens (tertiary/aromatic N) is 2. The van der Waals surface area contributed by atoms with E-state index in [9.17, 15) is 4.79 Å². The highest BCUT2D eigenvalue weighted by Gasteiger charge is 2.09. The van der Waals surface area contributed by atoms with E-state index in [2.05, 4.69) is 9.97 Å². The highest BCUT2D eigenvalue weighted by atomic mass is 35.5. The van der Waals surface area contributed by atoms with E-state index in [0.717, 1.165) is 4.70 Å². The van der Waals surface area contributed by atoms with E-state index in [1.807, 2.05) is 0 Å². The van der Waals surface area contributed by atoms with Gasteiger partial charge in [0, 0.05) is 6.20 Å². The van der Waals surface area contributed by atoms with Crippen LogP contribution < -0.4 is 0 Å². The Labute approximate surface area is 88.2 Å². The summed E-state index contributed by atoms with van der Waals surface area (Å²) in [5, 5.41) is 9.44. The maximum absolute atomic E-state index is 10.4. The van der Waals surface area contributed by atoms with Crippen LogP contribution in [0.5, 0.6) is 0 Å². The second kappa shape index (κ2) is 3.51. The van der Waals surface area contributed by atoms with Crippen molar-refractivity contribution in [1.29, 1.82) is 0 Å². The monoisotopic (exact) mass is 228 g/mol. The van der Waals surface area contributed by atoms with E-state index in [4.69, 9.17) is 16.7 Å². The molecule has 6 heteroatoms. The average molecular weight is 229 g/mol. The summed E-state index contributed by atoms with van der Waals surface area (Å²) in [6.07, 6.45) is 1.50. The van der Waals surface area contributed by atoms with Gasteiger partial charge in [0.2, 0.25) is 0 Å². The molecule has 2 heterocycles. The van der Waals surface area contributed by atoms with Gasteiger partial charge in [-0.3, -0.25) is 4.79 Å². The van der Waals surface area contributed by atoms with Gasteiger partial charge in [0.05, 0.1) is 11.1 Å². The van der Waals surface area contributed by atoms with Crippen LogP contribution in [0, 0.1) is 0 Å². The van der Waals surface area contributed by atoms with E-state index in [0.29, 0.717) is 15.7 Å². The molecule has 0 fully saturated rings. The minimum Gasteiger partial charge on any atom is -0.481 e. The summed E-state index contributed by atoms with van der Waals surface area (Å²) >= 11 is 7.12. The van der Waals surface area contributed by atoms with Gasteiger partial charge in [-0.15, -0.1) is 11.3 Å². The zero-order chi connectivity index (χ0) is 10.1. The molecule has 0 saturated heterocycles. The van der Waals surface area contributed by atoms with Crippen LogP contribution in [0.4, 0.5) is 0 Å². The summed E-state index contributed by atoms with van der Waals surface area (Å²) in [4.78, 5) is 18.4. The standard InChI is InChI=1S/C8H5ClN2O2S/c9-8-7-4(1-2-10-8)14-5(11-7)3-6(12)13/h1-2H,3H2,(H,12,13). The van der Waals surface area contributed by atoms with E-state index < -0.39 is 5.97 Å². The molecule has 4 nitrogen and oxygen atoms in total. The molecule has 0 saturated carbocycles. The predicted molar refractivity (Wildman–Crippen MR) is 53.8 cm³/mol. The zero-order valence-electron chi connectivity index (χ0n) is 6.90. The first-order chi connectivity index (χ1) is 6.66. The summed E-state index contributed by atoms with van der Waals surface area (Å²) < 4.78 is 0.862. The van der Waals surface area contributed by atoms with Gasteiger partial charge in [0.15, 0.2) is 5.15 Å². The third kappa shape index (κ3) is 1.69. The van der Waals surface area contributed by atoms with Crippen molar-refractivity contribution in [2.75, 3.05) is 0 Å². The van der Waals surface area contributed by atoms with Crippen molar-refractivity contribution in [2.24, 2.45) is 0 Å². The molecular weight excluding hydrogens is 224 g/mol. The van der Waals surface area contributed by atoms with Crippen LogP contribution in [0.25, 0.3) is 10.2 Å². The number of halogens is 1. The Kier molecular flexibility index (Phi) is 2.35. The Morgan fingerprint density at radius 1 is 1.64 bits per heavy atom. The molecule has 0 unspecified atom stereocenters. The second-order valence-electron chi connectivity index (χ2n) is 2.63. The Hall–Kier alpha value is -1.20. The van der Waals surface area contributed by atoms with E-state index in [-0.39, 0.29) is 6.42 Å². The summed E-state index contributed by atoms with van der Waals surface area (Å²) in [6.45, 7) is 0. The van der Waals surface area contributed by atoms with Gasteiger partial charge in [-0.05, 0) is 6.07 Å². The number of fused-ring (bicyclic) bond motifs is 1. The number of carboxylic acid groups (broad SMARTS) is 1. The van der Waals surface area contributed by atoms with Crippen molar-refractivity contribution in [3.05, 3.63) is 22.4 Å². The Bertz CT molecular complexity index is 497. The van der Waals surface area contributed by atoms with Crippen LogP contribution >= 0.6 is 22.9 Å². The molecule has 0 spiro atoms. The minimum atomic E-state index is -0.895. The maximum Gasteiger partial charge on any atom is 0.310 e. The minimum absolute atomic E-state index is 0.0737. The average Bonchev–Trinajstić information content (AvgIpc) is 2.47. The first-order valence-corrected chi connectivity index (χ1v) is 4.98. The normalized spacial score (nSPS) is 10.6. The van der Waals surface area contributed by atoms with Crippen molar-refractivity contribution >= 4 is 39.1 Å². The van der Waals surface area contributed by atoms with Crippen LogP contribution in [0.15, 0.2) is 12.3 Å². The van der Waals surface area contributed by atoms with Crippen LogP contribution in [-0.2, 0) is 11.2 Å². The Morgan fingerprint density at radius 2 is 2.43 bits per heavy atom. The van der Waals surface area contributed by atoms with Crippen LogP contribution in [-0.4, -0.2) is 21.0 Å². The second-order valence-corrected chi connectivity index (χ2v) is 4.10. The summed E-state index contributed by atoms with van der Waals surface area (Å²) in [5.74, 6) is -0.895. The molecule has 0 atom stereocenters. The number of carbonyl (C=O) groups is 1. The van der Waals surface area contributed by atoms with Crippen LogP contribution in [0.3, 0.4) is 0 Å². The Balaban J connectivity index is 2.51. The summed E-state index contributed by atoms with van der Waals surface area (Å²) in [7, 11) is 0. The van der Waals surface area contributed by atoms with Crippen molar-refractivity contribution in [1.82, 2.24) is 9.97 Å². The molecule has 0 aliphatic heterocycles. The van der Waals surface area contributed by atoms with E-state index in [1.54, 1.807) is 12.3 Å². The molecule has 0 amide bonds. The molecule has 0 aliphatic carbocycles. The van der Waals surface area contributed by atoms with Gasteiger partial charge in [-0.25, -0.2) is 9.97 Å². The molecule has 2 aromatic rings. The van der Waals surface area contributed by atoms with Crippen LogP contribution in [0.1, 0.15) is 5.01 Å². The highest BCUT2D eigenvalue weighted by Crippen LogP contribution is 2.26. The van der Waals surface area contributed by atoms with Gasteiger partial charge >= 0.3 is 5.97 Å². The Morgan fingerprint density at radius 3 is 3.07 bits per heavy atom. The molecule has 72 valence electrons. The molecule has 0 aromatic carbocycles. The smallest absolute Gasteiger partial charge is 0.310 e. The molecule has 2 rings (SSSR count). The van der Waals surface area contributed by atoms with Gasteiger partial charge in [0.25, 0.3) is 0 Å². The van der Waals surface area contributed by atoms with Gasteiger partial charge in [-0.2, -0.15) is 0 Å². The number of aliphatic carboxylic acids is 1. The lowest BCUT2D eigenvalue weighted by Crippen LogP contribution is -1.98. The molecule has 1 N–H and O–H groups in total. The summed E-state index contributed by atoms with van der Waals surface area (Å²) in [5.41, 5.74) is 0.579. The van der Waals surface area contributed by atoms with Crippen molar-refractivity contribution in [3.63, 3.8) is 0 Å². The van der Waals surface area contributed by atoms with E-state index >= 15 is 0 Å². The fourth-order valence-corrected chi connectivity index (χ4v) is 2.29. The number of aromatic nitrogens is 2. The largest absolute Gasteiger partial charge is 0.481 e. The number of hydrogen-bond donors (Lipinski definition) is 1. The first-order valence-electron chi connectivity index (χ1n) is 3.78. The summed E-state index contributed by atoms with van der Waals surface area (Å²) in [6, 6.07) is 1.77. The van der Waals surface area contributed by atoms with E-state index in [1.165, 1.54) is 11.3 Å². The van der Waals surface area contributed by atoms with Gasteiger partial charge in [0.1, 0.15) is 10.5 Å². The quantitative estimate of drug-likeness (QED) is 0.799. The molecule has 14 heavy (non-hydrogen) atoms. The molecule has 0 aliphatic rings. The maximum atomic E-state index is 10.4. The molecule has 0 bridgehead atoms. The zero-order valence-corrected chi connectivity index (χ0v) is 8.47. The van der Waals surface area contributed by atoms with Crippen molar-refractivity contribution < 1.29 is 9.90 Å². The van der Waals surface area contributed by atoms with Gasteiger partial charge < -0.3 is 5.11 Å². The number of thiazole rings is 1. The molecule has 0 radical (unpaired) electrons. The van der Waals surface area contributed by atoms with Gasteiger partial charge in [-0.1, -0.05) is 11.6 Å². The lowest BCUT2D eigenvalue weighted by Gasteiger charge is -1.87. The fraction of sp³-hybridized carbons (Fsp3) is 0.125. The van der Waals surface area contributed by atoms with Crippen molar-refractivity contribution in [3.8, 4) is 0 Å². The van der Waals surface area contributed by atoms with Crippen molar-refractivity contribution in [2.45, 2.75) is 6.42 Å². The number of pyridine rings is 1. The highest BCUT2D eigenvalue weighted by molar-refractivity contribution is 7.18. The number of carboxylic acids is 1. The van der Waals surface area contributed by atoms with Crippen LogP contribution in [0.2, 0.25) is 5.15 Å². The third-order valence-electron chi connectivity index (χ3n) is 1.61.